The van der Waals surface area contributed by atoms with Crippen molar-refractivity contribution in [1.29, 1.82) is 0 Å². The van der Waals surface area contributed by atoms with Gasteiger partial charge in [0.25, 0.3) is 0 Å². The minimum absolute atomic E-state index is 0.0179. The highest BCUT2D eigenvalue weighted by Gasteiger charge is 2.24. The number of aryl methyl sites for hydroxylation is 1. The van der Waals surface area contributed by atoms with Crippen LogP contribution in [0.4, 0.5) is 4.79 Å². The summed E-state index contributed by atoms with van der Waals surface area (Å²) < 4.78 is 7.08. The smallest absolute Gasteiger partial charge is 0.317 e. The molecule has 0 aliphatic carbocycles. The van der Waals surface area contributed by atoms with Crippen LogP contribution in [0.5, 0.6) is 0 Å². The van der Waals surface area contributed by atoms with Crippen LogP contribution in [0, 0.1) is 5.92 Å². The Hall–Kier alpha value is -2.91. The van der Waals surface area contributed by atoms with E-state index in [0.29, 0.717) is 37.9 Å². The Morgan fingerprint density at radius 2 is 2.14 bits per heavy atom. The van der Waals surface area contributed by atoms with E-state index in [9.17, 15) is 9.59 Å². The fraction of sp³-hybridized carbons (Fsp3) is 0.632. The van der Waals surface area contributed by atoms with Gasteiger partial charge in [0.15, 0.2) is 5.82 Å². The van der Waals surface area contributed by atoms with Crippen molar-refractivity contribution in [3.05, 3.63) is 29.2 Å². The molecule has 0 atom stereocenters. The maximum absolute atomic E-state index is 12.4. The maximum Gasteiger partial charge on any atom is 0.317 e. The van der Waals surface area contributed by atoms with Gasteiger partial charge in [-0.2, -0.15) is 10.1 Å². The first-order valence-electron chi connectivity index (χ1n) is 10.0. The Balaban J connectivity index is 1.51. The van der Waals surface area contributed by atoms with Gasteiger partial charge in [0, 0.05) is 25.9 Å². The molecule has 0 spiro atoms. The summed E-state index contributed by atoms with van der Waals surface area (Å²) in [4.78, 5) is 32.2. The third kappa shape index (κ3) is 5.12. The van der Waals surface area contributed by atoms with Crippen LogP contribution in [0.2, 0.25) is 0 Å². The number of nitrogens with one attached hydrogen (secondary N) is 1. The number of carbonyl (C=O) groups excluding carboxylic acids is 2. The van der Waals surface area contributed by atoms with Crippen molar-refractivity contribution < 1.29 is 14.1 Å². The predicted octanol–water partition coefficient (Wildman–Crippen LogP) is 1.56. The van der Waals surface area contributed by atoms with E-state index in [1.54, 1.807) is 7.05 Å². The second-order valence-electron chi connectivity index (χ2n) is 7.63. The van der Waals surface area contributed by atoms with E-state index < -0.39 is 0 Å². The fourth-order valence-electron chi connectivity index (χ4n) is 3.22. The highest BCUT2D eigenvalue weighted by atomic mass is 16.5. The zero-order chi connectivity index (χ0) is 21.0. The number of hydrogen-bond donors (Lipinski definition) is 1. The minimum atomic E-state index is -0.247. The molecule has 158 valence electrons. The molecule has 1 N–H and O–H groups in total. The first kappa shape index (κ1) is 20.8. The zero-order valence-corrected chi connectivity index (χ0v) is 17.5. The van der Waals surface area contributed by atoms with Crippen LogP contribution in [0.15, 0.2) is 10.6 Å². The number of aromatic nitrogens is 4. The summed E-state index contributed by atoms with van der Waals surface area (Å²) in [7, 11) is 1.67. The van der Waals surface area contributed by atoms with Crippen LogP contribution in [0.25, 0.3) is 0 Å². The van der Waals surface area contributed by atoms with Crippen molar-refractivity contribution in [1.82, 2.24) is 35.0 Å². The molecule has 0 unspecified atom stereocenters. The summed E-state index contributed by atoms with van der Waals surface area (Å²) >= 11 is 0. The van der Waals surface area contributed by atoms with Crippen molar-refractivity contribution in [3.8, 4) is 0 Å². The lowest BCUT2D eigenvalue weighted by molar-refractivity contribution is -0.136. The highest BCUT2D eigenvalue weighted by molar-refractivity contribution is 5.78. The fourth-order valence-corrected chi connectivity index (χ4v) is 3.22. The zero-order valence-electron chi connectivity index (χ0n) is 17.5. The molecule has 10 heteroatoms. The van der Waals surface area contributed by atoms with Gasteiger partial charge in [-0.25, -0.2) is 4.79 Å². The number of rotatable bonds is 7. The molecule has 2 aromatic rings. The van der Waals surface area contributed by atoms with Crippen molar-refractivity contribution in [2.45, 2.75) is 59.8 Å². The first-order chi connectivity index (χ1) is 13.9. The monoisotopic (exact) mass is 403 g/mol. The number of amides is 3. The second-order valence-corrected chi connectivity index (χ2v) is 7.63. The van der Waals surface area contributed by atoms with E-state index >= 15 is 0 Å². The molecule has 1 aliphatic rings. The van der Waals surface area contributed by atoms with Crippen LogP contribution in [0.1, 0.15) is 50.3 Å². The standard InChI is InChI=1S/C19H29N7O3/c1-5-6-16-21-17(29-23-16)12-24(4)19(28)20-10-14-9-15-11-25(18(27)13(2)3)7-8-26(15)22-14/h9,13H,5-8,10-12H2,1-4H3,(H,20,28). The van der Waals surface area contributed by atoms with Crippen molar-refractivity contribution in [3.63, 3.8) is 0 Å². The lowest BCUT2D eigenvalue weighted by atomic mass is 10.1. The topological polar surface area (TPSA) is 109 Å². The van der Waals surface area contributed by atoms with E-state index in [1.165, 1.54) is 4.90 Å². The van der Waals surface area contributed by atoms with Crippen LogP contribution in [-0.2, 0) is 37.4 Å². The van der Waals surface area contributed by atoms with Gasteiger partial charge < -0.3 is 19.6 Å². The molecule has 0 radical (unpaired) electrons. The van der Waals surface area contributed by atoms with Gasteiger partial charge in [-0.15, -0.1) is 0 Å². The first-order valence-corrected chi connectivity index (χ1v) is 10.0. The molecule has 3 amide bonds. The Morgan fingerprint density at radius 1 is 1.34 bits per heavy atom. The lowest BCUT2D eigenvalue weighted by Crippen LogP contribution is -2.40. The van der Waals surface area contributed by atoms with Gasteiger partial charge in [-0.1, -0.05) is 25.9 Å². The summed E-state index contributed by atoms with van der Waals surface area (Å²) in [5.41, 5.74) is 1.75. The molecule has 10 nitrogen and oxygen atoms in total. The van der Waals surface area contributed by atoms with E-state index in [2.05, 4.69) is 20.6 Å². The van der Waals surface area contributed by atoms with E-state index in [4.69, 9.17) is 4.52 Å². The van der Waals surface area contributed by atoms with E-state index in [1.807, 2.05) is 36.4 Å². The molecule has 0 bridgehead atoms. The Bertz CT molecular complexity index is 858. The SMILES string of the molecule is CCCc1noc(CN(C)C(=O)NCc2cc3n(n2)CCN(C(=O)C(C)C)C3)n1. The quantitative estimate of drug-likeness (QED) is 0.751. The Kier molecular flexibility index (Phi) is 6.50. The largest absolute Gasteiger partial charge is 0.337 e. The van der Waals surface area contributed by atoms with Crippen molar-refractivity contribution in [2.75, 3.05) is 13.6 Å². The third-order valence-electron chi connectivity index (χ3n) is 4.78. The summed E-state index contributed by atoms with van der Waals surface area (Å²) in [6, 6.07) is 1.69. The molecule has 0 saturated carbocycles. The Labute approximate surface area is 170 Å². The summed E-state index contributed by atoms with van der Waals surface area (Å²) in [5.74, 6) is 1.20. The average molecular weight is 403 g/mol. The average Bonchev–Trinajstić information content (AvgIpc) is 3.31. The van der Waals surface area contributed by atoms with E-state index in [0.717, 1.165) is 24.2 Å². The van der Waals surface area contributed by atoms with Gasteiger partial charge in [-0.05, 0) is 12.5 Å². The van der Waals surface area contributed by atoms with Crippen molar-refractivity contribution >= 4 is 11.9 Å². The van der Waals surface area contributed by atoms with Gasteiger partial charge >= 0.3 is 6.03 Å². The molecule has 1 aliphatic heterocycles. The highest BCUT2D eigenvalue weighted by Crippen LogP contribution is 2.16. The van der Waals surface area contributed by atoms with Crippen LogP contribution in [0.3, 0.4) is 0 Å². The molecule has 0 saturated heterocycles. The van der Waals surface area contributed by atoms with Gasteiger partial charge in [-0.3, -0.25) is 9.48 Å². The number of urea groups is 1. The molecule has 29 heavy (non-hydrogen) atoms. The number of carbonyl (C=O) groups is 2. The lowest BCUT2D eigenvalue weighted by Gasteiger charge is -2.29. The number of fused-ring (bicyclic) bond motifs is 1. The molecular formula is C19H29N7O3. The maximum atomic E-state index is 12.4. The number of nitrogens with zero attached hydrogens (tertiary/aromatic N) is 6. The number of hydrogen-bond acceptors (Lipinski definition) is 6. The normalized spacial score (nSPS) is 13.5. The third-order valence-corrected chi connectivity index (χ3v) is 4.78. The molecular weight excluding hydrogens is 374 g/mol. The molecule has 3 heterocycles. The predicted molar refractivity (Wildman–Crippen MR) is 104 cm³/mol. The summed E-state index contributed by atoms with van der Waals surface area (Å²) in [6.45, 7) is 8.29. The van der Waals surface area contributed by atoms with Crippen molar-refractivity contribution in [2.24, 2.45) is 5.92 Å². The molecule has 2 aromatic heterocycles. The second kappa shape index (κ2) is 9.06. The summed E-state index contributed by atoms with van der Waals surface area (Å²) in [6.07, 6.45) is 1.69. The van der Waals surface area contributed by atoms with Gasteiger partial charge in [0.2, 0.25) is 11.8 Å². The van der Waals surface area contributed by atoms with E-state index in [-0.39, 0.29) is 24.4 Å². The summed E-state index contributed by atoms with van der Waals surface area (Å²) in [5, 5.41) is 11.3. The van der Waals surface area contributed by atoms with Crippen LogP contribution in [-0.4, -0.2) is 55.3 Å². The molecule has 0 aromatic carbocycles. The van der Waals surface area contributed by atoms with Gasteiger partial charge in [0.1, 0.15) is 6.54 Å². The van der Waals surface area contributed by atoms with Crippen LogP contribution >= 0.6 is 0 Å². The minimum Gasteiger partial charge on any atom is -0.337 e. The Morgan fingerprint density at radius 3 is 2.86 bits per heavy atom. The molecule has 0 fully saturated rings. The molecule has 3 rings (SSSR count). The van der Waals surface area contributed by atoms with Crippen LogP contribution < -0.4 is 5.32 Å². The van der Waals surface area contributed by atoms with Gasteiger partial charge in [0.05, 0.1) is 31.0 Å².